The fraction of sp³-hybridized carbons (Fsp3) is 0.444. The predicted octanol–water partition coefficient (Wildman–Crippen LogP) is 4.64. The lowest BCUT2D eigenvalue weighted by molar-refractivity contribution is -0.141. The van der Waals surface area contributed by atoms with Gasteiger partial charge in [-0.25, -0.2) is 9.18 Å². The van der Waals surface area contributed by atoms with Crippen LogP contribution in [0.2, 0.25) is 0 Å². The Balaban J connectivity index is 1.55. The average molecular weight is 467 g/mol. The Labute approximate surface area is 199 Å². The molecule has 0 aromatic heterocycles. The quantitative estimate of drug-likeness (QED) is 0.669. The highest BCUT2D eigenvalue weighted by Gasteiger charge is 2.54. The van der Waals surface area contributed by atoms with E-state index in [4.69, 9.17) is 4.74 Å². The second kappa shape index (κ2) is 8.53. The van der Waals surface area contributed by atoms with Crippen molar-refractivity contribution in [3.05, 3.63) is 53.3 Å². The zero-order valence-corrected chi connectivity index (χ0v) is 20.3. The molecule has 1 aliphatic heterocycles. The number of hydrogen-bond donors (Lipinski definition) is 1. The molecular formula is C27H31FN2O4. The van der Waals surface area contributed by atoms with Crippen LogP contribution in [0.15, 0.2) is 36.4 Å². The smallest absolute Gasteiger partial charge is 0.317 e. The number of urea groups is 1. The standard InChI is InChI=1S/C27H31FN2O4/c1-16-10-18(17-6-8-19(28)9-7-17)11-22(34-5)23(16)24-20(31)12-27(13-21(24)32)14-30(15-27)25(33)29-26(2,3)4/h6-11,24H,12-15H2,1-5H3,(H,29,33). The molecule has 1 saturated carbocycles. The number of ether oxygens (including phenoxy) is 1. The van der Waals surface area contributed by atoms with Crippen molar-refractivity contribution in [3.8, 4) is 16.9 Å². The van der Waals surface area contributed by atoms with Gasteiger partial charge in [0, 0.05) is 42.4 Å². The maximum atomic E-state index is 13.3. The first-order chi connectivity index (χ1) is 15.9. The number of ketones is 2. The number of benzene rings is 2. The molecule has 2 aromatic rings. The molecule has 2 fully saturated rings. The van der Waals surface area contributed by atoms with Crippen molar-refractivity contribution >= 4 is 17.6 Å². The zero-order chi connectivity index (χ0) is 24.8. The maximum absolute atomic E-state index is 13.3. The summed E-state index contributed by atoms with van der Waals surface area (Å²) >= 11 is 0. The molecule has 0 unspecified atom stereocenters. The van der Waals surface area contributed by atoms with Gasteiger partial charge in [0.2, 0.25) is 0 Å². The summed E-state index contributed by atoms with van der Waals surface area (Å²) in [5.74, 6) is -0.991. The van der Waals surface area contributed by atoms with Crippen LogP contribution in [-0.2, 0) is 9.59 Å². The van der Waals surface area contributed by atoms with Crippen molar-refractivity contribution in [2.75, 3.05) is 20.2 Å². The highest BCUT2D eigenvalue weighted by molar-refractivity contribution is 6.11. The number of nitrogens with zero attached hydrogens (tertiary/aromatic N) is 1. The molecule has 34 heavy (non-hydrogen) atoms. The largest absolute Gasteiger partial charge is 0.496 e. The van der Waals surface area contributed by atoms with E-state index in [9.17, 15) is 18.8 Å². The van der Waals surface area contributed by atoms with Crippen LogP contribution < -0.4 is 10.1 Å². The molecule has 2 aromatic carbocycles. The lowest BCUT2D eigenvalue weighted by Gasteiger charge is -2.52. The summed E-state index contributed by atoms with van der Waals surface area (Å²) in [6, 6.07) is 9.67. The van der Waals surface area contributed by atoms with Crippen molar-refractivity contribution in [2.45, 2.75) is 52.0 Å². The molecule has 1 heterocycles. The van der Waals surface area contributed by atoms with Crippen LogP contribution in [0, 0.1) is 18.2 Å². The van der Waals surface area contributed by atoms with Crippen LogP contribution in [0.3, 0.4) is 0 Å². The fourth-order valence-electron chi connectivity index (χ4n) is 5.15. The Bertz CT molecular complexity index is 1120. The first-order valence-corrected chi connectivity index (χ1v) is 11.5. The van der Waals surface area contributed by atoms with Gasteiger partial charge in [0.15, 0.2) is 0 Å². The van der Waals surface area contributed by atoms with E-state index in [2.05, 4.69) is 5.32 Å². The number of carbonyl (C=O) groups excluding carboxylic acids is 3. The number of amides is 2. The monoisotopic (exact) mass is 466 g/mol. The first kappa shape index (κ1) is 23.9. The van der Waals surface area contributed by atoms with E-state index in [0.717, 1.165) is 16.7 Å². The van der Waals surface area contributed by atoms with Gasteiger partial charge in [0.05, 0.1) is 7.11 Å². The number of halogens is 1. The lowest BCUT2D eigenvalue weighted by Crippen LogP contribution is -2.65. The van der Waals surface area contributed by atoms with Crippen molar-refractivity contribution in [1.82, 2.24) is 10.2 Å². The topological polar surface area (TPSA) is 75.7 Å². The number of Topliss-reactive ketones (excluding diaryl/α,β-unsaturated/α-hetero) is 2. The third kappa shape index (κ3) is 4.56. The number of likely N-dealkylation sites (tertiary alicyclic amines) is 1. The van der Waals surface area contributed by atoms with Gasteiger partial charge in [-0.15, -0.1) is 0 Å². The molecule has 1 aliphatic carbocycles. The zero-order valence-electron chi connectivity index (χ0n) is 20.3. The molecule has 4 rings (SSSR count). The van der Waals surface area contributed by atoms with Crippen molar-refractivity contribution < 1.29 is 23.5 Å². The minimum atomic E-state index is -0.875. The van der Waals surface area contributed by atoms with Gasteiger partial charge >= 0.3 is 6.03 Å². The van der Waals surface area contributed by atoms with Crippen LogP contribution in [0.5, 0.6) is 5.75 Å². The van der Waals surface area contributed by atoms with E-state index in [1.54, 1.807) is 23.1 Å². The molecular weight excluding hydrogens is 435 g/mol. The molecule has 7 heteroatoms. The molecule has 0 atom stereocenters. The normalized spacial score (nSPS) is 18.1. The summed E-state index contributed by atoms with van der Waals surface area (Å²) in [7, 11) is 1.52. The Morgan fingerprint density at radius 1 is 1.06 bits per heavy atom. The van der Waals surface area contributed by atoms with Crippen LogP contribution in [0.25, 0.3) is 11.1 Å². The van der Waals surface area contributed by atoms with Gasteiger partial charge in [0.1, 0.15) is 29.1 Å². The van der Waals surface area contributed by atoms with Gasteiger partial charge < -0.3 is 15.0 Å². The molecule has 1 N–H and O–H groups in total. The number of carbonyl (C=O) groups is 3. The van der Waals surface area contributed by atoms with Crippen LogP contribution >= 0.6 is 0 Å². The SMILES string of the molecule is COc1cc(-c2ccc(F)cc2)cc(C)c1C1C(=O)CC2(CC1=O)CN(C(=O)NC(C)(C)C)C2. The third-order valence-electron chi connectivity index (χ3n) is 6.60. The molecule has 2 aliphatic rings. The van der Waals surface area contributed by atoms with E-state index >= 15 is 0 Å². The van der Waals surface area contributed by atoms with Crippen LogP contribution in [-0.4, -0.2) is 48.2 Å². The summed E-state index contributed by atoms with van der Waals surface area (Å²) in [4.78, 5) is 40.7. The summed E-state index contributed by atoms with van der Waals surface area (Å²) in [5.41, 5.74) is 2.19. The van der Waals surface area contributed by atoms with E-state index in [1.807, 2.05) is 33.8 Å². The molecule has 1 saturated heterocycles. The third-order valence-corrected chi connectivity index (χ3v) is 6.60. The Morgan fingerprint density at radius 2 is 1.65 bits per heavy atom. The van der Waals surface area contributed by atoms with Crippen molar-refractivity contribution in [2.24, 2.45) is 5.41 Å². The molecule has 0 radical (unpaired) electrons. The summed E-state index contributed by atoms with van der Waals surface area (Å²) in [6.07, 6.45) is 0.510. The molecule has 1 spiro atoms. The number of methoxy groups -OCH3 is 1. The van der Waals surface area contributed by atoms with Gasteiger partial charge in [-0.1, -0.05) is 18.2 Å². The van der Waals surface area contributed by atoms with Crippen LogP contribution in [0.4, 0.5) is 9.18 Å². The Morgan fingerprint density at radius 3 is 2.18 bits per heavy atom. The van der Waals surface area contributed by atoms with Crippen molar-refractivity contribution in [3.63, 3.8) is 0 Å². The minimum absolute atomic E-state index is 0.136. The van der Waals surface area contributed by atoms with E-state index in [0.29, 0.717) is 24.4 Å². The van der Waals surface area contributed by atoms with E-state index in [-0.39, 0.29) is 41.8 Å². The molecule has 6 nitrogen and oxygen atoms in total. The average Bonchev–Trinajstić information content (AvgIpc) is 2.71. The predicted molar refractivity (Wildman–Crippen MR) is 127 cm³/mol. The summed E-state index contributed by atoms with van der Waals surface area (Å²) in [6.45, 7) is 8.40. The van der Waals surface area contributed by atoms with Gasteiger partial charge in [-0.3, -0.25) is 9.59 Å². The highest BCUT2D eigenvalue weighted by atomic mass is 19.1. The lowest BCUT2D eigenvalue weighted by atomic mass is 9.63. The van der Waals surface area contributed by atoms with Crippen LogP contribution in [0.1, 0.15) is 50.7 Å². The first-order valence-electron chi connectivity index (χ1n) is 11.5. The van der Waals surface area contributed by atoms with E-state index in [1.165, 1.54) is 19.2 Å². The van der Waals surface area contributed by atoms with Gasteiger partial charge in [-0.05, 0) is 62.6 Å². The number of nitrogens with one attached hydrogen (secondary N) is 1. The Kier molecular flexibility index (Phi) is 6.00. The van der Waals surface area contributed by atoms with E-state index < -0.39 is 11.3 Å². The Hall–Kier alpha value is -3.22. The number of rotatable bonds is 3. The summed E-state index contributed by atoms with van der Waals surface area (Å²) < 4.78 is 18.9. The number of hydrogen-bond acceptors (Lipinski definition) is 4. The molecule has 2 amide bonds. The van der Waals surface area contributed by atoms with Gasteiger partial charge in [0.25, 0.3) is 0 Å². The summed E-state index contributed by atoms with van der Waals surface area (Å²) in [5, 5.41) is 2.92. The number of aryl methyl sites for hydroxylation is 1. The fourth-order valence-corrected chi connectivity index (χ4v) is 5.15. The molecule has 180 valence electrons. The van der Waals surface area contributed by atoms with Crippen molar-refractivity contribution in [1.29, 1.82) is 0 Å². The minimum Gasteiger partial charge on any atom is -0.496 e. The second-order valence-electron chi connectivity index (χ2n) is 10.7. The molecule has 0 bridgehead atoms. The maximum Gasteiger partial charge on any atom is 0.317 e. The highest BCUT2D eigenvalue weighted by Crippen LogP contribution is 2.47. The second-order valence-corrected chi connectivity index (χ2v) is 10.7. The van der Waals surface area contributed by atoms with Gasteiger partial charge in [-0.2, -0.15) is 0 Å².